The van der Waals surface area contributed by atoms with Gasteiger partial charge in [-0.1, -0.05) is 0 Å². The maximum absolute atomic E-state index is 13.9. The fourth-order valence-corrected chi connectivity index (χ4v) is 7.24. The molecule has 0 aromatic carbocycles. The number of nitrogens with one attached hydrogen (secondary N) is 1. The minimum Gasteiger partial charge on any atom is -0.465 e. The zero-order valence-corrected chi connectivity index (χ0v) is 23.6. The van der Waals surface area contributed by atoms with E-state index in [0.29, 0.717) is 29.8 Å². The van der Waals surface area contributed by atoms with Crippen LogP contribution in [0, 0.1) is 11.3 Å². The van der Waals surface area contributed by atoms with Crippen molar-refractivity contribution in [1.82, 2.24) is 19.5 Å². The average molecular weight is 544 g/mol. The molecule has 0 aliphatic heterocycles. The summed E-state index contributed by atoms with van der Waals surface area (Å²) >= 11 is 6.18. The molecule has 0 unspecified atom stereocenters. The molecular formula is C23H35ClN5O6P. The molecule has 2 aromatic rings. The van der Waals surface area contributed by atoms with E-state index in [-0.39, 0.29) is 29.8 Å². The van der Waals surface area contributed by atoms with Crippen LogP contribution >= 0.6 is 19.4 Å². The fraction of sp³-hybridized carbons (Fsp3) is 0.739. The molecule has 1 N–H and O–H groups in total. The van der Waals surface area contributed by atoms with Gasteiger partial charge in [-0.05, 0) is 71.9 Å². The number of fused-ring (bicyclic) bond motifs is 2. The van der Waals surface area contributed by atoms with Crippen LogP contribution in [0.2, 0.25) is 5.28 Å². The van der Waals surface area contributed by atoms with E-state index in [1.165, 1.54) is 6.92 Å². The first-order valence-corrected chi connectivity index (χ1v) is 13.8. The van der Waals surface area contributed by atoms with Crippen LogP contribution < -0.4 is 5.32 Å². The number of hydrogen-bond acceptors (Lipinski definition) is 10. The van der Waals surface area contributed by atoms with Gasteiger partial charge in [-0.2, -0.15) is 9.97 Å². The monoisotopic (exact) mass is 543 g/mol. The van der Waals surface area contributed by atoms with Crippen LogP contribution in [0.5, 0.6) is 0 Å². The van der Waals surface area contributed by atoms with E-state index in [1.54, 1.807) is 54.9 Å². The second-order valence-corrected chi connectivity index (χ2v) is 13.3. The van der Waals surface area contributed by atoms with Crippen LogP contribution in [0.1, 0.15) is 67.3 Å². The molecule has 2 fully saturated rings. The number of aromatic nitrogens is 4. The van der Waals surface area contributed by atoms with Gasteiger partial charge in [0.25, 0.3) is 0 Å². The summed E-state index contributed by atoms with van der Waals surface area (Å²) in [4.78, 5) is 24.8. The molecule has 0 saturated heterocycles. The largest absolute Gasteiger partial charge is 0.476 e. The highest BCUT2D eigenvalue weighted by Gasteiger charge is 2.70. The lowest BCUT2D eigenvalue weighted by atomic mass is 10.0. The molecular weight excluding hydrogens is 509 g/mol. The van der Waals surface area contributed by atoms with Crippen molar-refractivity contribution in [2.75, 3.05) is 19.0 Å². The van der Waals surface area contributed by atoms with Gasteiger partial charge < -0.3 is 14.6 Å². The number of carbonyl (C=O) groups excluding carboxylic acids is 1. The van der Waals surface area contributed by atoms with Gasteiger partial charge in [0, 0.05) is 25.4 Å². The highest BCUT2D eigenvalue weighted by Crippen LogP contribution is 2.72. The molecule has 2 heterocycles. The number of anilines is 1. The SMILES string of the molecule is CNc1nc(Cl)nc2c1ncn2[C@H]1C[C@H](OP(=O)(OC(C)(C)C)OC(C)(C)C)[C@]2(COC(C)=O)C[C@H]12. The van der Waals surface area contributed by atoms with Crippen molar-refractivity contribution in [2.45, 2.75) is 84.7 Å². The highest BCUT2D eigenvalue weighted by atomic mass is 35.5. The molecule has 4 rings (SSSR count). The number of halogens is 1. The Labute approximate surface area is 216 Å². The maximum Gasteiger partial charge on any atom is 0.476 e. The van der Waals surface area contributed by atoms with Crippen molar-refractivity contribution < 1.29 is 27.7 Å². The Morgan fingerprint density at radius 3 is 2.42 bits per heavy atom. The van der Waals surface area contributed by atoms with Gasteiger partial charge in [0.15, 0.2) is 17.0 Å². The lowest BCUT2D eigenvalue weighted by Gasteiger charge is -2.34. The van der Waals surface area contributed by atoms with E-state index in [9.17, 15) is 9.36 Å². The van der Waals surface area contributed by atoms with Gasteiger partial charge in [0.05, 0.1) is 30.2 Å². The van der Waals surface area contributed by atoms with Crippen LogP contribution in [0.3, 0.4) is 0 Å². The van der Waals surface area contributed by atoms with Gasteiger partial charge in [-0.15, -0.1) is 0 Å². The number of hydrogen-bond donors (Lipinski definition) is 1. The van der Waals surface area contributed by atoms with E-state index >= 15 is 0 Å². The summed E-state index contributed by atoms with van der Waals surface area (Å²) in [6, 6.07) is -0.107. The van der Waals surface area contributed by atoms with E-state index in [0.717, 1.165) is 0 Å². The molecule has 2 aliphatic rings. The first-order chi connectivity index (χ1) is 16.6. The predicted molar refractivity (Wildman–Crippen MR) is 135 cm³/mol. The van der Waals surface area contributed by atoms with E-state index < -0.39 is 30.5 Å². The summed E-state index contributed by atoms with van der Waals surface area (Å²) in [5.41, 5.74) is -0.910. The molecule has 200 valence electrons. The molecule has 2 saturated carbocycles. The number of ether oxygens (including phenoxy) is 1. The van der Waals surface area contributed by atoms with Crippen LogP contribution in [0.15, 0.2) is 6.33 Å². The molecule has 11 nitrogen and oxygen atoms in total. The lowest BCUT2D eigenvalue weighted by molar-refractivity contribution is -0.144. The zero-order valence-electron chi connectivity index (χ0n) is 22.0. The second-order valence-electron chi connectivity index (χ2n) is 11.5. The van der Waals surface area contributed by atoms with Crippen molar-refractivity contribution in [3.63, 3.8) is 0 Å². The summed E-state index contributed by atoms with van der Waals surface area (Å²) in [7, 11) is -2.27. The molecule has 0 radical (unpaired) electrons. The predicted octanol–water partition coefficient (Wildman–Crippen LogP) is 5.16. The number of imidazole rings is 1. The van der Waals surface area contributed by atoms with Gasteiger partial charge in [0.2, 0.25) is 5.28 Å². The molecule has 0 amide bonds. The lowest BCUT2D eigenvalue weighted by Crippen LogP contribution is -2.31. The summed E-state index contributed by atoms with van der Waals surface area (Å²) in [5.74, 6) is 0.213. The van der Waals surface area contributed by atoms with Crippen LogP contribution in [-0.2, 0) is 27.7 Å². The van der Waals surface area contributed by atoms with Crippen molar-refractivity contribution in [1.29, 1.82) is 0 Å². The van der Waals surface area contributed by atoms with Gasteiger partial charge >= 0.3 is 13.8 Å². The summed E-state index contributed by atoms with van der Waals surface area (Å²) in [6.07, 6.45) is 2.33. The molecule has 2 aliphatic carbocycles. The van der Waals surface area contributed by atoms with Crippen molar-refractivity contribution in [2.24, 2.45) is 11.3 Å². The van der Waals surface area contributed by atoms with Crippen molar-refractivity contribution >= 4 is 42.4 Å². The third kappa shape index (κ3) is 5.55. The van der Waals surface area contributed by atoms with Crippen LogP contribution in [-0.4, -0.2) is 56.4 Å². The Morgan fingerprint density at radius 1 is 1.22 bits per heavy atom. The minimum absolute atomic E-state index is 0.0729. The Hall–Kier alpha value is -1.78. The summed E-state index contributed by atoms with van der Waals surface area (Å²) in [5, 5.41) is 3.10. The molecule has 0 bridgehead atoms. The Balaban J connectivity index is 1.70. The second kappa shape index (κ2) is 9.20. The Bertz CT molecular complexity index is 1190. The first kappa shape index (κ1) is 27.3. The fourth-order valence-electron chi connectivity index (χ4n) is 5.00. The van der Waals surface area contributed by atoms with E-state index in [2.05, 4.69) is 20.3 Å². The third-order valence-corrected chi connectivity index (χ3v) is 8.52. The number of nitrogens with zero attached hydrogens (tertiary/aromatic N) is 4. The van der Waals surface area contributed by atoms with Crippen molar-refractivity contribution in [3.8, 4) is 0 Å². The topological polar surface area (TPSA) is 127 Å². The number of esters is 1. The molecule has 0 spiro atoms. The normalized spacial score (nSPS) is 26.2. The first-order valence-electron chi connectivity index (χ1n) is 12.0. The standard InChI is InChI=1S/C23H35ClN5O6P/c1-13(30)32-11-23-10-14(23)15(29-12-26-17-18(25-8)27-20(24)28-19(17)29)9-16(23)33-36(31,34-21(2,3)4)35-22(5,6)7/h12,14-16H,9-11H2,1-8H3,(H,25,27,28)/t14-,15+,16+,23+/m1/s1. The van der Waals surface area contributed by atoms with Crippen molar-refractivity contribution in [3.05, 3.63) is 11.6 Å². The number of carbonyl (C=O) groups is 1. The smallest absolute Gasteiger partial charge is 0.465 e. The van der Waals surface area contributed by atoms with Gasteiger partial charge in [-0.3, -0.25) is 18.4 Å². The Kier molecular flexibility index (Phi) is 6.97. The zero-order chi connectivity index (χ0) is 26.7. The molecule has 36 heavy (non-hydrogen) atoms. The summed E-state index contributed by atoms with van der Waals surface area (Å²) < 4.78 is 39.4. The molecule has 2 aromatic heterocycles. The molecule has 4 atom stereocenters. The molecule has 13 heteroatoms. The number of rotatable bonds is 8. The van der Waals surface area contributed by atoms with E-state index in [4.69, 9.17) is 29.9 Å². The summed E-state index contributed by atoms with van der Waals surface area (Å²) in [6.45, 7) is 12.3. The number of phosphoric ester groups is 1. The quantitative estimate of drug-likeness (QED) is 0.271. The highest BCUT2D eigenvalue weighted by molar-refractivity contribution is 7.48. The maximum atomic E-state index is 13.9. The van der Waals surface area contributed by atoms with E-state index in [1.807, 2.05) is 4.57 Å². The average Bonchev–Trinajstić information content (AvgIpc) is 3.17. The minimum atomic E-state index is -4.01. The van der Waals surface area contributed by atoms with Crippen LogP contribution in [0.4, 0.5) is 5.82 Å². The Morgan fingerprint density at radius 2 is 1.86 bits per heavy atom. The van der Waals surface area contributed by atoms with Gasteiger partial charge in [-0.25, -0.2) is 9.55 Å². The number of phosphoric acid groups is 1. The third-order valence-electron chi connectivity index (χ3n) is 6.30. The van der Waals surface area contributed by atoms with Gasteiger partial charge in [0.1, 0.15) is 0 Å². The van der Waals surface area contributed by atoms with Crippen LogP contribution in [0.25, 0.3) is 11.2 Å².